The van der Waals surface area contributed by atoms with Crippen LogP contribution >= 0.6 is 0 Å². The van der Waals surface area contributed by atoms with Crippen LogP contribution in [0.15, 0.2) is 66.7 Å². The summed E-state index contributed by atoms with van der Waals surface area (Å²) in [6, 6.07) is 20.4. The van der Waals surface area contributed by atoms with Gasteiger partial charge in [-0.25, -0.2) is 0 Å². The highest BCUT2D eigenvalue weighted by Gasteiger charge is 2.20. The minimum absolute atomic E-state index is 0.121. The Morgan fingerprint density at radius 1 is 0.886 bits per heavy atom. The number of carbonyl (C=O) groups is 2. The lowest BCUT2D eigenvalue weighted by Gasteiger charge is -2.14. The first-order valence-corrected chi connectivity index (χ1v) is 11.7. The van der Waals surface area contributed by atoms with Crippen LogP contribution in [0.25, 0.3) is 10.8 Å². The first-order valence-electron chi connectivity index (χ1n) is 11.7. The number of hydrogen-bond donors (Lipinski definition) is 1. The molecule has 6 heteroatoms. The van der Waals surface area contributed by atoms with Crippen molar-refractivity contribution in [2.24, 2.45) is 0 Å². The fourth-order valence-electron chi connectivity index (χ4n) is 4.33. The van der Waals surface area contributed by atoms with Crippen molar-refractivity contribution in [2.45, 2.75) is 33.7 Å². The second-order valence-electron chi connectivity index (χ2n) is 8.50. The Balaban J connectivity index is 1.63. The van der Waals surface area contributed by atoms with Gasteiger partial charge in [-0.1, -0.05) is 43.3 Å². The van der Waals surface area contributed by atoms with Crippen LogP contribution in [-0.2, 0) is 6.54 Å². The Labute approximate surface area is 205 Å². The summed E-state index contributed by atoms with van der Waals surface area (Å²) < 4.78 is 13.5. The minimum Gasteiger partial charge on any atom is -0.495 e. The van der Waals surface area contributed by atoms with Gasteiger partial charge in [0.05, 0.1) is 18.4 Å². The molecule has 0 spiro atoms. The number of anilines is 1. The summed E-state index contributed by atoms with van der Waals surface area (Å²) in [6.45, 7) is 6.77. The number of Topliss-reactive ketones (excluding diaryl/α,β-unsaturated/α-hetero) is 1. The number of para-hydroxylation sites is 2. The van der Waals surface area contributed by atoms with Crippen LogP contribution in [0.3, 0.4) is 0 Å². The molecule has 1 aromatic heterocycles. The Kier molecular flexibility index (Phi) is 7.20. The van der Waals surface area contributed by atoms with Crippen molar-refractivity contribution < 1.29 is 19.1 Å². The maximum Gasteiger partial charge on any atom is 0.259 e. The van der Waals surface area contributed by atoms with E-state index < -0.39 is 0 Å². The minimum atomic E-state index is -0.344. The van der Waals surface area contributed by atoms with Crippen molar-refractivity contribution in [2.75, 3.05) is 19.0 Å². The number of carbonyl (C=O) groups excluding carboxylic acids is 2. The molecule has 35 heavy (non-hydrogen) atoms. The van der Waals surface area contributed by atoms with Gasteiger partial charge in [-0.05, 0) is 61.4 Å². The van der Waals surface area contributed by atoms with Crippen LogP contribution in [0.2, 0.25) is 0 Å². The van der Waals surface area contributed by atoms with Gasteiger partial charge in [0.15, 0.2) is 6.61 Å². The molecule has 1 amide bonds. The Bertz CT molecular complexity index is 1390. The number of ether oxygens (including phenoxy) is 2. The molecule has 0 radical (unpaired) electrons. The van der Waals surface area contributed by atoms with Gasteiger partial charge in [0, 0.05) is 23.5 Å². The van der Waals surface area contributed by atoms with E-state index in [-0.39, 0.29) is 18.3 Å². The molecule has 0 unspecified atom stereocenters. The standard InChI is InChI=1S/C29H30N2O4/c1-5-14-31-19(2)15-23(20(31)3)26(32)18-35-28-17-22-11-7-6-10-21(22)16-24(28)29(33)30-25-12-8-9-13-27(25)34-4/h6-13,15-17H,5,14,18H2,1-4H3,(H,30,33). The fourth-order valence-corrected chi connectivity index (χ4v) is 4.33. The molecule has 1 N–H and O–H groups in total. The van der Waals surface area contributed by atoms with Gasteiger partial charge in [-0.2, -0.15) is 0 Å². The third-order valence-electron chi connectivity index (χ3n) is 6.13. The first-order chi connectivity index (χ1) is 16.9. The van der Waals surface area contributed by atoms with Gasteiger partial charge in [0.2, 0.25) is 5.78 Å². The summed E-state index contributed by atoms with van der Waals surface area (Å²) in [5.74, 6) is 0.446. The maximum atomic E-state index is 13.3. The number of ketones is 1. The van der Waals surface area contributed by atoms with Crippen molar-refractivity contribution in [1.29, 1.82) is 0 Å². The Morgan fingerprint density at radius 2 is 1.57 bits per heavy atom. The summed E-state index contributed by atoms with van der Waals surface area (Å²) in [5.41, 5.74) is 3.54. The first kappa shape index (κ1) is 24.1. The number of rotatable bonds is 9. The molecule has 4 rings (SSSR count). The summed E-state index contributed by atoms with van der Waals surface area (Å²) in [7, 11) is 1.55. The van der Waals surface area contributed by atoms with Gasteiger partial charge < -0.3 is 19.4 Å². The lowest BCUT2D eigenvalue weighted by molar-refractivity contribution is 0.0913. The fraction of sp³-hybridized carbons (Fsp3) is 0.241. The van der Waals surface area contributed by atoms with E-state index in [9.17, 15) is 9.59 Å². The van der Waals surface area contributed by atoms with Crippen molar-refractivity contribution in [3.63, 3.8) is 0 Å². The van der Waals surface area contributed by atoms with Gasteiger partial charge >= 0.3 is 0 Å². The molecule has 0 aliphatic heterocycles. The third kappa shape index (κ3) is 5.06. The molecule has 0 atom stereocenters. The predicted molar refractivity (Wildman–Crippen MR) is 139 cm³/mol. The SMILES string of the molecule is CCCn1c(C)cc(C(=O)COc2cc3ccccc3cc2C(=O)Nc2ccccc2OC)c1C. The van der Waals surface area contributed by atoms with E-state index in [1.807, 2.05) is 56.3 Å². The van der Waals surface area contributed by atoms with E-state index >= 15 is 0 Å². The second kappa shape index (κ2) is 10.5. The number of amides is 1. The molecule has 0 aliphatic rings. The lowest BCUT2D eigenvalue weighted by Crippen LogP contribution is -2.17. The van der Waals surface area contributed by atoms with Crippen molar-refractivity contribution >= 4 is 28.2 Å². The average molecular weight is 471 g/mol. The molecule has 0 saturated heterocycles. The highest BCUT2D eigenvalue weighted by atomic mass is 16.5. The number of nitrogens with zero attached hydrogens (tertiary/aromatic N) is 1. The van der Waals surface area contributed by atoms with Crippen molar-refractivity contribution in [3.05, 3.63) is 89.2 Å². The molecule has 0 aliphatic carbocycles. The normalized spacial score (nSPS) is 10.9. The molecule has 180 valence electrons. The zero-order valence-corrected chi connectivity index (χ0v) is 20.6. The zero-order chi connectivity index (χ0) is 24.9. The highest BCUT2D eigenvalue weighted by molar-refractivity contribution is 6.09. The van der Waals surface area contributed by atoms with Crippen LogP contribution in [0.4, 0.5) is 5.69 Å². The number of methoxy groups -OCH3 is 1. The number of aryl methyl sites for hydroxylation is 1. The summed E-state index contributed by atoms with van der Waals surface area (Å²) in [4.78, 5) is 26.4. The molecule has 3 aromatic carbocycles. The molecule has 1 heterocycles. The number of fused-ring (bicyclic) bond motifs is 1. The van der Waals surface area contributed by atoms with Crippen LogP contribution in [0.5, 0.6) is 11.5 Å². The maximum absolute atomic E-state index is 13.3. The molecular formula is C29H30N2O4. The molecule has 6 nitrogen and oxygen atoms in total. The second-order valence-corrected chi connectivity index (χ2v) is 8.50. The topological polar surface area (TPSA) is 69.6 Å². The quantitative estimate of drug-likeness (QED) is 0.296. The Morgan fingerprint density at radius 3 is 2.29 bits per heavy atom. The molecule has 0 saturated carbocycles. The molecule has 4 aromatic rings. The van der Waals surface area contributed by atoms with Crippen molar-refractivity contribution in [1.82, 2.24) is 4.57 Å². The van der Waals surface area contributed by atoms with Crippen LogP contribution < -0.4 is 14.8 Å². The van der Waals surface area contributed by atoms with Crippen LogP contribution in [0.1, 0.15) is 45.4 Å². The average Bonchev–Trinajstić information content (AvgIpc) is 3.15. The number of nitrogens with one attached hydrogen (secondary N) is 1. The summed E-state index contributed by atoms with van der Waals surface area (Å²) in [6.07, 6.45) is 0.988. The lowest BCUT2D eigenvalue weighted by atomic mass is 10.0. The van der Waals surface area contributed by atoms with E-state index in [4.69, 9.17) is 9.47 Å². The van der Waals surface area contributed by atoms with Crippen LogP contribution in [-0.4, -0.2) is 30.0 Å². The molecule has 0 fully saturated rings. The number of benzene rings is 3. The predicted octanol–water partition coefficient (Wildman–Crippen LogP) is 6.19. The summed E-state index contributed by atoms with van der Waals surface area (Å²) >= 11 is 0. The highest BCUT2D eigenvalue weighted by Crippen LogP contribution is 2.29. The van der Waals surface area contributed by atoms with E-state index in [0.29, 0.717) is 28.3 Å². The van der Waals surface area contributed by atoms with E-state index in [1.165, 1.54) is 0 Å². The van der Waals surface area contributed by atoms with Gasteiger partial charge in [-0.3, -0.25) is 9.59 Å². The van der Waals surface area contributed by atoms with E-state index in [1.54, 1.807) is 31.4 Å². The molecular weight excluding hydrogens is 440 g/mol. The number of hydrogen-bond acceptors (Lipinski definition) is 4. The van der Waals surface area contributed by atoms with Crippen molar-refractivity contribution in [3.8, 4) is 11.5 Å². The van der Waals surface area contributed by atoms with Gasteiger partial charge in [0.1, 0.15) is 11.5 Å². The Hall–Kier alpha value is -4.06. The largest absolute Gasteiger partial charge is 0.495 e. The van der Waals surface area contributed by atoms with Crippen LogP contribution in [0, 0.1) is 13.8 Å². The van der Waals surface area contributed by atoms with Gasteiger partial charge in [0.25, 0.3) is 5.91 Å². The zero-order valence-electron chi connectivity index (χ0n) is 20.6. The number of aromatic nitrogens is 1. The molecule has 0 bridgehead atoms. The van der Waals surface area contributed by atoms with E-state index in [0.717, 1.165) is 35.1 Å². The summed E-state index contributed by atoms with van der Waals surface area (Å²) in [5, 5.41) is 4.73. The smallest absolute Gasteiger partial charge is 0.259 e. The van der Waals surface area contributed by atoms with E-state index in [2.05, 4.69) is 16.8 Å². The third-order valence-corrected chi connectivity index (χ3v) is 6.13. The monoisotopic (exact) mass is 470 g/mol. The van der Waals surface area contributed by atoms with Gasteiger partial charge in [-0.15, -0.1) is 0 Å².